The van der Waals surface area contributed by atoms with E-state index in [1.807, 2.05) is 18.4 Å². The van der Waals surface area contributed by atoms with Crippen LogP contribution in [0.25, 0.3) is 0 Å². The molecule has 0 radical (unpaired) electrons. The second kappa shape index (κ2) is 5.19. The molecule has 0 saturated carbocycles. The van der Waals surface area contributed by atoms with Gasteiger partial charge in [0.15, 0.2) is 5.78 Å². The van der Waals surface area contributed by atoms with Crippen molar-refractivity contribution >= 4 is 33.0 Å². The van der Waals surface area contributed by atoms with Gasteiger partial charge in [-0.1, -0.05) is 0 Å². The minimum absolute atomic E-state index is 0.175. The first-order valence-electron chi connectivity index (χ1n) is 6.50. The number of halogens is 1. The number of nitriles is 1. The largest absolute Gasteiger partial charge is 0.361 e. The first-order valence-corrected chi connectivity index (χ1v) is 8.17. The molecule has 1 atom stereocenters. The van der Waals surface area contributed by atoms with Gasteiger partial charge in [0.2, 0.25) is 0 Å². The molecular weight excluding hydrogens is 336 g/mol. The number of rotatable bonds is 1. The summed E-state index contributed by atoms with van der Waals surface area (Å²) < 4.78 is 0.997. The van der Waals surface area contributed by atoms with E-state index in [9.17, 15) is 10.1 Å². The average Bonchev–Trinajstić information content (AvgIpc) is 2.84. The first-order chi connectivity index (χ1) is 9.61. The molecule has 0 fully saturated rings. The van der Waals surface area contributed by atoms with Crippen LogP contribution in [0.2, 0.25) is 0 Å². The quantitative estimate of drug-likeness (QED) is 0.834. The lowest BCUT2D eigenvalue weighted by molar-refractivity contribution is -0.116. The molecule has 1 N–H and O–H groups in total. The maximum absolute atomic E-state index is 12.4. The van der Waals surface area contributed by atoms with Gasteiger partial charge in [0.25, 0.3) is 0 Å². The molecule has 5 heteroatoms. The molecule has 0 saturated heterocycles. The molecular formula is C15H13BrN2OS. The van der Waals surface area contributed by atoms with Gasteiger partial charge in [0.05, 0.1) is 17.6 Å². The van der Waals surface area contributed by atoms with E-state index in [4.69, 9.17) is 0 Å². The second-order valence-corrected chi connectivity index (χ2v) is 6.90. The third kappa shape index (κ3) is 2.13. The van der Waals surface area contributed by atoms with Crippen LogP contribution in [0.3, 0.4) is 0 Å². The first kappa shape index (κ1) is 13.6. The van der Waals surface area contributed by atoms with Crippen LogP contribution in [0.4, 0.5) is 0 Å². The number of ketones is 1. The third-order valence-electron chi connectivity index (χ3n) is 3.77. The highest BCUT2D eigenvalue weighted by Crippen LogP contribution is 2.44. The van der Waals surface area contributed by atoms with Crippen LogP contribution in [0.1, 0.15) is 37.0 Å². The number of nitrogens with one attached hydrogen (secondary N) is 1. The van der Waals surface area contributed by atoms with Gasteiger partial charge in [-0.2, -0.15) is 5.26 Å². The van der Waals surface area contributed by atoms with Gasteiger partial charge in [-0.3, -0.25) is 4.79 Å². The van der Waals surface area contributed by atoms with Crippen molar-refractivity contribution in [1.82, 2.24) is 5.32 Å². The Kier molecular flexibility index (Phi) is 3.53. The number of thiophene rings is 1. The Balaban J connectivity index is 2.18. The normalized spacial score (nSPS) is 22.4. The summed E-state index contributed by atoms with van der Waals surface area (Å²) in [7, 11) is 0. The van der Waals surface area contributed by atoms with Crippen molar-refractivity contribution in [3.63, 3.8) is 0 Å². The highest BCUT2D eigenvalue weighted by Gasteiger charge is 2.36. The number of hydrogen-bond acceptors (Lipinski definition) is 4. The number of Topliss-reactive ketones (excluding diaryl/α,β-unsaturated/α-hetero) is 1. The zero-order chi connectivity index (χ0) is 14.3. The molecule has 3 rings (SSSR count). The zero-order valence-corrected chi connectivity index (χ0v) is 13.4. The minimum Gasteiger partial charge on any atom is -0.361 e. The summed E-state index contributed by atoms with van der Waals surface area (Å²) in [5.74, 6) is -0.0196. The summed E-state index contributed by atoms with van der Waals surface area (Å²) in [4.78, 5) is 13.4. The van der Waals surface area contributed by atoms with Gasteiger partial charge < -0.3 is 5.32 Å². The molecule has 2 aliphatic rings. The van der Waals surface area contributed by atoms with Crippen molar-refractivity contribution < 1.29 is 4.79 Å². The standard InChI is InChI=1S/C15H13BrN2OS/c1-8-10(6-17)14(13-5-9(16)7-20-13)15-11(18-8)3-2-4-12(15)19/h5,7,14,18H,2-4H2,1H3/t14-/m0/s1. The van der Waals surface area contributed by atoms with Crippen molar-refractivity contribution in [3.05, 3.63) is 43.3 Å². The fraction of sp³-hybridized carbons (Fsp3) is 0.333. The van der Waals surface area contributed by atoms with Crippen LogP contribution in [0, 0.1) is 11.3 Å². The topological polar surface area (TPSA) is 52.9 Å². The Morgan fingerprint density at radius 1 is 1.50 bits per heavy atom. The number of dihydropyridines is 1. The van der Waals surface area contributed by atoms with Gasteiger partial charge in [-0.25, -0.2) is 0 Å². The minimum atomic E-state index is -0.194. The fourth-order valence-corrected chi connectivity index (χ4v) is 4.46. The number of allylic oxidation sites excluding steroid dienone is 4. The lowest BCUT2D eigenvalue weighted by atomic mass is 9.78. The molecule has 0 spiro atoms. The van der Waals surface area contributed by atoms with Crippen LogP contribution in [-0.2, 0) is 4.79 Å². The highest BCUT2D eigenvalue weighted by molar-refractivity contribution is 9.10. The Bertz CT molecular complexity index is 693. The lowest BCUT2D eigenvalue weighted by Gasteiger charge is -2.31. The lowest BCUT2D eigenvalue weighted by Crippen LogP contribution is -2.30. The molecule has 0 unspecified atom stereocenters. The monoisotopic (exact) mass is 348 g/mol. The smallest absolute Gasteiger partial charge is 0.161 e. The zero-order valence-electron chi connectivity index (χ0n) is 11.0. The average molecular weight is 349 g/mol. The Morgan fingerprint density at radius 2 is 2.30 bits per heavy atom. The van der Waals surface area contributed by atoms with Crippen LogP contribution < -0.4 is 5.32 Å². The van der Waals surface area contributed by atoms with E-state index in [1.54, 1.807) is 11.3 Å². The summed E-state index contributed by atoms with van der Waals surface area (Å²) in [6.07, 6.45) is 2.36. The number of carbonyl (C=O) groups excluding carboxylic acids is 1. The molecule has 2 heterocycles. The van der Waals surface area contributed by atoms with Crippen molar-refractivity contribution in [2.75, 3.05) is 0 Å². The van der Waals surface area contributed by atoms with Crippen molar-refractivity contribution in [1.29, 1.82) is 5.26 Å². The Hall–Kier alpha value is -1.38. The van der Waals surface area contributed by atoms with Gasteiger partial charge >= 0.3 is 0 Å². The predicted octanol–water partition coefficient (Wildman–Crippen LogP) is 4.00. The molecule has 0 aromatic carbocycles. The third-order valence-corrected chi connectivity index (χ3v) is 5.53. The van der Waals surface area contributed by atoms with Crippen LogP contribution in [-0.4, -0.2) is 5.78 Å². The second-order valence-electron chi connectivity index (χ2n) is 5.04. The summed E-state index contributed by atoms with van der Waals surface area (Å²) in [5, 5.41) is 14.7. The molecule has 1 aliphatic carbocycles. The summed E-state index contributed by atoms with van der Waals surface area (Å²) in [6.45, 7) is 1.91. The van der Waals surface area contributed by atoms with Crippen molar-refractivity contribution in [2.24, 2.45) is 0 Å². The van der Waals surface area contributed by atoms with E-state index in [0.717, 1.165) is 39.2 Å². The highest BCUT2D eigenvalue weighted by atomic mass is 79.9. The van der Waals surface area contributed by atoms with E-state index in [0.29, 0.717) is 12.0 Å². The van der Waals surface area contributed by atoms with E-state index in [2.05, 4.69) is 27.3 Å². The SMILES string of the molecule is CC1=C(C#N)[C@@H](c2cc(Br)cs2)C2=C(CCCC2=O)N1. The molecule has 3 nitrogen and oxygen atoms in total. The van der Waals surface area contributed by atoms with Gasteiger partial charge in [-0.05, 0) is 41.8 Å². The summed E-state index contributed by atoms with van der Waals surface area (Å²) in [6, 6.07) is 4.30. The molecule has 1 aromatic heterocycles. The van der Waals surface area contributed by atoms with E-state index in [-0.39, 0.29) is 11.7 Å². The van der Waals surface area contributed by atoms with Crippen LogP contribution in [0.5, 0.6) is 0 Å². The number of hydrogen-bond donors (Lipinski definition) is 1. The molecule has 1 aromatic rings. The Morgan fingerprint density at radius 3 is 2.95 bits per heavy atom. The van der Waals surface area contributed by atoms with Crippen LogP contribution >= 0.6 is 27.3 Å². The molecule has 1 aliphatic heterocycles. The number of nitrogens with zero attached hydrogens (tertiary/aromatic N) is 1. The maximum Gasteiger partial charge on any atom is 0.161 e. The maximum atomic E-state index is 12.4. The van der Waals surface area contributed by atoms with Crippen molar-refractivity contribution in [2.45, 2.75) is 32.1 Å². The van der Waals surface area contributed by atoms with E-state index >= 15 is 0 Å². The Labute approximate surface area is 130 Å². The van der Waals surface area contributed by atoms with Gasteiger partial charge in [0.1, 0.15) is 0 Å². The van der Waals surface area contributed by atoms with E-state index in [1.165, 1.54) is 0 Å². The number of carbonyl (C=O) groups is 1. The van der Waals surface area contributed by atoms with E-state index < -0.39 is 0 Å². The molecule has 102 valence electrons. The summed E-state index contributed by atoms with van der Waals surface area (Å²) >= 11 is 5.04. The molecule has 20 heavy (non-hydrogen) atoms. The fourth-order valence-electron chi connectivity index (χ4n) is 2.90. The predicted molar refractivity (Wildman–Crippen MR) is 82.1 cm³/mol. The molecule has 0 amide bonds. The van der Waals surface area contributed by atoms with Gasteiger partial charge in [0, 0.05) is 38.1 Å². The summed E-state index contributed by atoms with van der Waals surface area (Å²) in [5.41, 5.74) is 3.34. The van der Waals surface area contributed by atoms with Gasteiger partial charge in [-0.15, -0.1) is 11.3 Å². The molecule has 0 bridgehead atoms. The van der Waals surface area contributed by atoms with Crippen LogP contribution in [0.15, 0.2) is 38.5 Å². The van der Waals surface area contributed by atoms with Crippen molar-refractivity contribution in [3.8, 4) is 6.07 Å².